The Bertz CT molecular complexity index is 556. The highest BCUT2D eigenvalue weighted by atomic mass is 79.9. The molecular formula is C14H15Br2NOS. The highest BCUT2D eigenvalue weighted by Crippen LogP contribution is 2.30. The molecule has 102 valence electrons. The van der Waals surface area contributed by atoms with E-state index in [0.717, 1.165) is 20.3 Å². The Hall–Kier alpha value is -0.360. The molecule has 0 amide bonds. The van der Waals surface area contributed by atoms with E-state index in [1.807, 2.05) is 25.2 Å². The fourth-order valence-electron chi connectivity index (χ4n) is 1.72. The first-order valence-electron chi connectivity index (χ1n) is 5.93. The van der Waals surface area contributed by atoms with Gasteiger partial charge in [0.1, 0.15) is 12.4 Å². The average molecular weight is 405 g/mol. The van der Waals surface area contributed by atoms with E-state index < -0.39 is 0 Å². The topological polar surface area (TPSA) is 21.3 Å². The fourth-order valence-corrected chi connectivity index (χ4v) is 3.47. The Labute approximate surface area is 134 Å². The van der Waals surface area contributed by atoms with Crippen molar-refractivity contribution in [2.75, 3.05) is 7.05 Å². The molecule has 2 rings (SSSR count). The molecule has 19 heavy (non-hydrogen) atoms. The van der Waals surface area contributed by atoms with E-state index >= 15 is 0 Å². The smallest absolute Gasteiger partial charge is 0.124 e. The first-order valence-corrected chi connectivity index (χ1v) is 8.39. The quantitative estimate of drug-likeness (QED) is 0.745. The standard InChI is InChI=1S/C14H15Br2NOS/c1-9(17-2)11-7-10(15)3-4-13(11)18-8-14-12(16)5-6-19-14/h3-7,9,17H,8H2,1-2H3. The van der Waals surface area contributed by atoms with Gasteiger partial charge in [0, 0.05) is 20.6 Å². The van der Waals surface area contributed by atoms with Gasteiger partial charge in [-0.1, -0.05) is 15.9 Å². The zero-order valence-corrected chi connectivity index (χ0v) is 14.7. The monoisotopic (exact) mass is 403 g/mol. The summed E-state index contributed by atoms with van der Waals surface area (Å²) < 4.78 is 8.13. The van der Waals surface area contributed by atoms with Crippen LogP contribution in [0.1, 0.15) is 23.4 Å². The van der Waals surface area contributed by atoms with Gasteiger partial charge >= 0.3 is 0 Å². The summed E-state index contributed by atoms with van der Waals surface area (Å²) in [6.07, 6.45) is 0. The number of rotatable bonds is 5. The van der Waals surface area contributed by atoms with Crippen LogP contribution in [0.25, 0.3) is 0 Å². The molecule has 0 aliphatic carbocycles. The van der Waals surface area contributed by atoms with E-state index in [-0.39, 0.29) is 6.04 Å². The maximum atomic E-state index is 5.96. The van der Waals surface area contributed by atoms with Crippen molar-refractivity contribution in [2.24, 2.45) is 0 Å². The second kappa shape index (κ2) is 6.88. The molecule has 0 fully saturated rings. The highest BCUT2D eigenvalue weighted by molar-refractivity contribution is 9.10. The van der Waals surface area contributed by atoms with Gasteiger partial charge < -0.3 is 10.1 Å². The van der Waals surface area contributed by atoms with Crippen LogP contribution in [0.2, 0.25) is 0 Å². The molecule has 2 nitrogen and oxygen atoms in total. The second-order valence-corrected chi connectivity index (χ2v) is 6.94. The molecule has 0 bridgehead atoms. The molecule has 1 unspecified atom stereocenters. The maximum absolute atomic E-state index is 5.96. The Balaban J connectivity index is 2.18. The van der Waals surface area contributed by atoms with Crippen molar-refractivity contribution >= 4 is 43.2 Å². The third kappa shape index (κ3) is 3.81. The van der Waals surface area contributed by atoms with Crippen LogP contribution in [0.5, 0.6) is 5.75 Å². The summed E-state index contributed by atoms with van der Waals surface area (Å²) in [5.41, 5.74) is 1.16. The summed E-state index contributed by atoms with van der Waals surface area (Å²) in [6.45, 7) is 2.71. The number of ether oxygens (including phenoxy) is 1. The van der Waals surface area contributed by atoms with Gasteiger partial charge in [-0.15, -0.1) is 11.3 Å². The Kier molecular flexibility index (Phi) is 5.45. The molecule has 1 N–H and O–H groups in total. The van der Waals surface area contributed by atoms with Crippen molar-refractivity contribution in [1.29, 1.82) is 0 Å². The summed E-state index contributed by atoms with van der Waals surface area (Å²) in [5.74, 6) is 0.922. The SMILES string of the molecule is CNC(C)c1cc(Br)ccc1OCc1sccc1Br. The van der Waals surface area contributed by atoms with E-state index in [1.165, 1.54) is 4.88 Å². The third-order valence-corrected chi connectivity index (χ3v) is 5.31. The van der Waals surface area contributed by atoms with E-state index in [0.29, 0.717) is 6.61 Å². The predicted octanol–water partition coefficient (Wildman–Crippen LogP) is 5.13. The molecule has 1 heterocycles. The Morgan fingerprint density at radius 1 is 1.32 bits per heavy atom. The second-order valence-electron chi connectivity index (χ2n) is 4.17. The number of nitrogens with one attached hydrogen (secondary N) is 1. The minimum atomic E-state index is 0.249. The normalized spacial score (nSPS) is 12.4. The van der Waals surface area contributed by atoms with Crippen LogP contribution in [-0.2, 0) is 6.61 Å². The highest BCUT2D eigenvalue weighted by Gasteiger charge is 2.11. The van der Waals surface area contributed by atoms with Gasteiger partial charge in [0.2, 0.25) is 0 Å². The van der Waals surface area contributed by atoms with Crippen LogP contribution in [0, 0.1) is 0 Å². The lowest BCUT2D eigenvalue weighted by Gasteiger charge is -2.16. The molecule has 0 radical (unpaired) electrons. The Morgan fingerprint density at radius 3 is 2.74 bits per heavy atom. The van der Waals surface area contributed by atoms with Crippen LogP contribution >= 0.6 is 43.2 Å². The number of hydrogen-bond acceptors (Lipinski definition) is 3. The zero-order chi connectivity index (χ0) is 13.8. The molecule has 1 atom stereocenters. The molecule has 0 spiro atoms. The lowest BCUT2D eigenvalue weighted by atomic mass is 10.1. The summed E-state index contributed by atoms with van der Waals surface area (Å²) >= 11 is 8.72. The van der Waals surface area contributed by atoms with Crippen LogP contribution in [-0.4, -0.2) is 7.05 Å². The third-order valence-electron chi connectivity index (χ3n) is 2.92. The van der Waals surface area contributed by atoms with Crippen molar-refractivity contribution in [3.05, 3.63) is 49.0 Å². The van der Waals surface area contributed by atoms with Crippen LogP contribution < -0.4 is 10.1 Å². The lowest BCUT2D eigenvalue weighted by Crippen LogP contribution is -2.13. The summed E-state index contributed by atoms with van der Waals surface area (Å²) in [5, 5.41) is 5.30. The molecule has 2 aromatic rings. The van der Waals surface area contributed by atoms with Crippen LogP contribution in [0.15, 0.2) is 38.6 Å². The van der Waals surface area contributed by atoms with Gasteiger partial charge in [-0.2, -0.15) is 0 Å². The van der Waals surface area contributed by atoms with Crippen molar-refractivity contribution < 1.29 is 4.74 Å². The van der Waals surface area contributed by atoms with E-state index in [1.54, 1.807) is 11.3 Å². The van der Waals surface area contributed by atoms with Crippen molar-refractivity contribution in [2.45, 2.75) is 19.6 Å². The van der Waals surface area contributed by atoms with Gasteiger partial charge in [0.15, 0.2) is 0 Å². The Morgan fingerprint density at radius 2 is 2.11 bits per heavy atom. The van der Waals surface area contributed by atoms with Crippen LogP contribution in [0.3, 0.4) is 0 Å². The van der Waals surface area contributed by atoms with Gasteiger partial charge in [-0.25, -0.2) is 0 Å². The number of hydrogen-bond donors (Lipinski definition) is 1. The van der Waals surface area contributed by atoms with E-state index in [4.69, 9.17) is 4.74 Å². The van der Waals surface area contributed by atoms with Crippen molar-refractivity contribution in [3.63, 3.8) is 0 Å². The summed E-state index contributed by atoms with van der Waals surface area (Å²) in [7, 11) is 1.95. The molecule has 0 aliphatic rings. The average Bonchev–Trinajstić information content (AvgIpc) is 2.82. The number of halogens is 2. The zero-order valence-electron chi connectivity index (χ0n) is 10.7. The minimum Gasteiger partial charge on any atom is -0.488 e. The molecule has 0 saturated heterocycles. The van der Waals surface area contributed by atoms with E-state index in [9.17, 15) is 0 Å². The van der Waals surface area contributed by atoms with E-state index in [2.05, 4.69) is 55.5 Å². The minimum absolute atomic E-state index is 0.249. The molecule has 5 heteroatoms. The lowest BCUT2D eigenvalue weighted by molar-refractivity contribution is 0.303. The van der Waals surface area contributed by atoms with Gasteiger partial charge in [0.25, 0.3) is 0 Å². The summed E-state index contributed by atoms with van der Waals surface area (Å²) in [6, 6.07) is 8.40. The van der Waals surface area contributed by atoms with Gasteiger partial charge in [-0.05, 0) is 59.5 Å². The van der Waals surface area contributed by atoms with Gasteiger partial charge in [0.05, 0.1) is 4.88 Å². The largest absolute Gasteiger partial charge is 0.488 e. The molecule has 1 aromatic heterocycles. The molecular weight excluding hydrogens is 390 g/mol. The first kappa shape index (κ1) is 15.0. The van der Waals surface area contributed by atoms with Crippen LogP contribution in [0.4, 0.5) is 0 Å². The molecule has 1 aromatic carbocycles. The molecule has 0 aliphatic heterocycles. The molecule has 0 saturated carbocycles. The van der Waals surface area contributed by atoms with Crippen molar-refractivity contribution in [3.8, 4) is 5.75 Å². The number of thiophene rings is 1. The number of benzene rings is 1. The predicted molar refractivity (Wildman–Crippen MR) is 88.0 cm³/mol. The summed E-state index contributed by atoms with van der Waals surface area (Å²) in [4.78, 5) is 1.20. The van der Waals surface area contributed by atoms with Gasteiger partial charge in [-0.3, -0.25) is 0 Å². The van der Waals surface area contributed by atoms with Crippen molar-refractivity contribution in [1.82, 2.24) is 5.32 Å². The maximum Gasteiger partial charge on any atom is 0.124 e. The fraction of sp³-hybridized carbons (Fsp3) is 0.286. The first-order chi connectivity index (χ1) is 9.11.